The molecule has 2 aliphatic heterocycles. The Morgan fingerprint density at radius 2 is 1.66 bits per heavy atom. The van der Waals surface area contributed by atoms with E-state index in [0.717, 1.165) is 44.8 Å². The SMILES string of the molecule is Cc1ncsc1-c1ccc(CNC(=O)[C@@H]2C[C@@H](O)CN2C(=O)[C@@H](NC(=O)CCOCCOCCNC(=O)c2ccc(N3C(=S)N(c4ccc(C#N)c(C(F)(F)F)c4)C(=O)C3(C)C)cc2F)C(C)(C)C)cc1. The number of aliphatic hydroxyl groups is 1. The fourth-order valence-electron chi connectivity index (χ4n) is 8.12. The predicted octanol–water partition coefficient (Wildman–Crippen LogP) is 6.03. The Balaban J connectivity index is 0.912. The van der Waals surface area contributed by atoms with E-state index in [4.69, 9.17) is 21.7 Å². The Kier molecular flexibility index (Phi) is 17.0. The van der Waals surface area contributed by atoms with Gasteiger partial charge in [-0.3, -0.25) is 28.9 Å². The maximum atomic E-state index is 15.4. The summed E-state index contributed by atoms with van der Waals surface area (Å²) in [6, 6.07) is 13.5. The number of halogens is 4. The molecule has 0 spiro atoms. The molecule has 2 aliphatic rings. The van der Waals surface area contributed by atoms with Crippen LogP contribution in [0.15, 0.2) is 66.2 Å². The number of amides is 5. The number of aromatic nitrogens is 1. The fraction of sp³-hybridized carbons (Fsp3) is 0.429. The number of nitriles is 1. The first-order valence-electron chi connectivity index (χ1n) is 22.5. The molecule has 378 valence electrons. The number of thiazole rings is 1. The standard InChI is InChI=1S/C49H54F4N8O8S2/c1-28-40(71-27-57-28)30-9-7-29(8-10-30)25-56-43(65)38-23-34(62)26-59(38)44(66)41(47(2,3)4)58-39(63)15-17-68-19-20-69-18-16-55-42(64)35-14-13-33(22-37(35)50)61-46(70)60(45(67)48(61,5)6)32-12-11-31(24-54)36(21-32)49(51,52)53/h7-14,21-22,27,34,38,41,62H,15-20,23,25-26H2,1-6H3,(H,55,64)(H,56,65)(H,58,63)/t34-,38+,41-/m1/s1. The van der Waals surface area contributed by atoms with Crippen LogP contribution in [-0.4, -0.2) is 113 Å². The van der Waals surface area contributed by atoms with Crippen LogP contribution in [0.4, 0.5) is 28.9 Å². The van der Waals surface area contributed by atoms with Crippen LogP contribution < -0.4 is 25.8 Å². The van der Waals surface area contributed by atoms with Crippen molar-refractivity contribution in [2.24, 2.45) is 5.41 Å². The zero-order valence-corrected chi connectivity index (χ0v) is 41.4. The summed E-state index contributed by atoms with van der Waals surface area (Å²) in [6.07, 6.45) is -5.85. The van der Waals surface area contributed by atoms with E-state index in [9.17, 15) is 47.5 Å². The number of carbonyl (C=O) groups is 5. The fourth-order valence-corrected chi connectivity index (χ4v) is 9.45. The van der Waals surface area contributed by atoms with E-state index in [2.05, 4.69) is 20.9 Å². The Morgan fingerprint density at radius 1 is 0.986 bits per heavy atom. The van der Waals surface area contributed by atoms with Gasteiger partial charge in [0.2, 0.25) is 17.7 Å². The molecular formula is C49H54F4N8O8S2. The Labute approximate surface area is 417 Å². The molecule has 6 rings (SSSR count). The van der Waals surface area contributed by atoms with Crippen LogP contribution in [0.25, 0.3) is 10.4 Å². The van der Waals surface area contributed by atoms with E-state index in [1.54, 1.807) is 37.6 Å². The summed E-state index contributed by atoms with van der Waals surface area (Å²) in [5, 5.41) is 27.7. The van der Waals surface area contributed by atoms with E-state index in [1.807, 2.05) is 31.2 Å². The molecule has 3 aromatic carbocycles. The molecule has 0 unspecified atom stereocenters. The van der Waals surface area contributed by atoms with Crippen molar-refractivity contribution in [3.8, 4) is 16.5 Å². The summed E-state index contributed by atoms with van der Waals surface area (Å²) in [4.78, 5) is 75.7. The zero-order chi connectivity index (χ0) is 52.0. The second-order valence-corrected chi connectivity index (χ2v) is 19.7. The lowest BCUT2D eigenvalue weighted by molar-refractivity contribution is -0.144. The molecule has 2 saturated heterocycles. The van der Waals surface area contributed by atoms with E-state index in [-0.39, 0.29) is 81.0 Å². The van der Waals surface area contributed by atoms with Crippen LogP contribution in [0.1, 0.15) is 80.2 Å². The van der Waals surface area contributed by atoms with Crippen molar-refractivity contribution in [1.82, 2.24) is 25.8 Å². The first-order chi connectivity index (χ1) is 33.4. The average Bonchev–Trinajstić information content (AvgIpc) is 3.97. The molecule has 2 fully saturated rings. The number of nitrogens with one attached hydrogen (secondary N) is 3. The summed E-state index contributed by atoms with van der Waals surface area (Å²) in [5.41, 5.74) is -0.0284. The van der Waals surface area contributed by atoms with Gasteiger partial charge in [-0.2, -0.15) is 18.4 Å². The number of anilines is 2. The van der Waals surface area contributed by atoms with Gasteiger partial charge in [-0.05, 0) is 85.9 Å². The topological polar surface area (TPSA) is 207 Å². The highest BCUT2D eigenvalue weighted by molar-refractivity contribution is 7.81. The maximum Gasteiger partial charge on any atom is 0.417 e. The summed E-state index contributed by atoms with van der Waals surface area (Å²) < 4.78 is 67.6. The Bertz CT molecular complexity index is 2700. The van der Waals surface area contributed by atoms with E-state index in [1.165, 1.54) is 41.8 Å². The van der Waals surface area contributed by atoms with Crippen molar-refractivity contribution in [3.63, 3.8) is 0 Å². The predicted molar refractivity (Wildman–Crippen MR) is 259 cm³/mol. The monoisotopic (exact) mass is 1020 g/mol. The van der Waals surface area contributed by atoms with Crippen molar-refractivity contribution in [2.75, 3.05) is 49.3 Å². The first-order valence-corrected chi connectivity index (χ1v) is 23.8. The van der Waals surface area contributed by atoms with Crippen LogP contribution in [-0.2, 0) is 41.4 Å². The number of alkyl halides is 3. The van der Waals surface area contributed by atoms with Crippen LogP contribution in [0.2, 0.25) is 0 Å². The van der Waals surface area contributed by atoms with Gasteiger partial charge in [0.15, 0.2) is 5.11 Å². The molecule has 16 nitrogen and oxygen atoms in total. The molecule has 3 atom stereocenters. The van der Waals surface area contributed by atoms with Crippen molar-refractivity contribution >= 4 is 69.6 Å². The van der Waals surface area contributed by atoms with Gasteiger partial charge in [0.1, 0.15) is 23.4 Å². The average molecular weight is 1020 g/mol. The molecule has 0 radical (unpaired) electrons. The van der Waals surface area contributed by atoms with Crippen molar-refractivity contribution < 1.29 is 56.1 Å². The molecule has 3 heterocycles. The molecule has 22 heteroatoms. The van der Waals surface area contributed by atoms with Crippen LogP contribution >= 0.6 is 23.6 Å². The summed E-state index contributed by atoms with van der Waals surface area (Å²) >= 11 is 7.05. The minimum atomic E-state index is -4.89. The third kappa shape index (κ3) is 12.6. The number of benzene rings is 3. The molecule has 0 bridgehead atoms. The van der Waals surface area contributed by atoms with Crippen LogP contribution in [0, 0.1) is 29.5 Å². The molecule has 0 aliphatic carbocycles. The maximum absolute atomic E-state index is 15.4. The van der Waals surface area contributed by atoms with Crippen molar-refractivity contribution in [3.05, 3.63) is 99.9 Å². The van der Waals surface area contributed by atoms with Gasteiger partial charge < -0.3 is 40.3 Å². The lowest BCUT2D eigenvalue weighted by Crippen LogP contribution is -2.57. The van der Waals surface area contributed by atoms with Gasteiger partial charge in [-0.1, -0.05) is 45.0 Å². The van der Waals surface area contributed by atoms with E-state index >= 15 is 4.39 Å². The highest BCUT2D eigenvalue weighted by Crippen LogP contribution is 2.40. The zero-order valence-electron chi connectivity index (χ0n) is 39.8. The van der Waals surface area contributed by atoms with Crippen molar-refractivity contribution in [2.45, 2.75) is 90.8 Å². The molecule has 1 aromatic heterocycles. The van der Waals surface area contributed by atoms with Gasteiger partial charge in [0, 0.05) is 38.2 Å². The lowest BCUT2D eigenvalue weighted by atomic mass is 9.85. The number of carbonyl (C=O) groups excluding carboxylic acids is 5. The normalized spacial score (nSPS) is 17.3. The molecule has 4 N–H and O–H groups in total. The number of hydrogen-bond acceptors (Lipinski definition) is 12. The minimum absolute atomic E-state index is 0.00946. The molecule has 0 saturated carbocycles. The van der Waals surface area contributed by atoms with Gasteiger partial charge in [-0.25, -0.2) is 9.37 Å². The van der Waals surface area contributed by atoms with Crippen molar-refractivity contribution in [1.29, 1.82) is 5.26 Å². The summed E-state index contributed by atoms with van der Waals surface area (Å²) in [5.74, 6) is -3.81. The van der Waals surface area contributed by atoms with Crippen LogP contribution in [0.5, 0.6) is 0 Å². The number of nitrogens with zero attached hydrogens (tertiary/aromatic N) is 5. The van der Waals surface area contributed by atoms with Crippen LogP contribution in [0.3, 0.4) is 0 Å². The smallest absolute Gasteiger partial charge is 0.391 e. The minimum Gasteiger partial charge on any atom is -0.391 e. The molecular weight excluding hydrogens is 969 g/mol. The second kappa shape index (κ2) is 22.4. The Hall–Kier alpha value is -6.38. The number of hydrogen-bond donors (Lipinski definition) is 4. The van der Waals surface area contributed by atoms with Gasteiger partial charge >= 0.3 is 6.18 Å². The highest BCUT2D eigenvalue weighted by atomic mass is 32.1. The first kappa shape index (κ1) is 54.0. The third-order valence-corrected chi connectivity index (χ3v) is 13.2. The molecule has 4 aromatic rings. The third-order valence-electron chi connectivity index (χ3n) is 11.9. The summed E-state index contributed by atoms with van der Waals surface area (Å²) in [6.45, 7) is 10.5. The van der Waals surface area contributed by atoms with Gasteiger partial charge in [0.25, 0.3) is 11.8 Å². The number of thiocarbonyl (C=S) groups is 1. The number of likely N-dealkylation sites (tertiary alicyclic amines) is 1. The lowest BCUT2D eigenvalue weighted by Gasteiger charge is -2.35. The quantitative estimate of drug-likeness (QED) is 0.0513. The Morgan fingerprint density at radius 3 is 2.28 bits per heavy atom. The number of rotatable bonds is 18. The highest BCUT2D eigenvalue weighted by Gasteiger charge is 2.51. The van der Waals surface area contributed by atoms with Gasteiger partial charge in [-0.15, -0.1) is 11.3 Å². The second-order valence-electron chi connectivity index (χ2n) is 18.5. The molecule has 5 amide bonds. The summed E-state index contributed by atoms with van der Waals surface area (Å²) in [7, 11) is 0. The number of β-amino-alcohol motifs (C(OH)–C–C–N with tert-alkyl or cyclic N) is 1. The number of ether oxygens (including phenoxy) is 2. The molecule has 71 heavy (non-hydrogen) atoms. The largest absolute Gasteiger partial charge is 0.417 e. The van der Waals surface area contributed by atoms with E-state index < -0.39 is 81.8 Å². The number of aryl methyl sites for hydroxylation is 1. The number of aliphatic hydroxyl groups excluding tert-OH is 1. The van der Waals surface area contributed by atoms with E-state index in [0.29, 0.717) is 6.07 Å². The van der Waals surface area contributed by atoms with Gasteiger partial charge in [0.05, 0.1) is 77.1 Å².